The largest absolute Gasteiger partial charge is 0.334 e. The van der Waals surface area contributed by atoms with Gasteiger partial charge in [0.25, 0.3) is 0 Å². The fraction of sp³-hybridized carbons (Fsp3) is 0.302. The molecule has 0 saturated heterocycles. The zero-order valence-corrected chi connectivity index (χ0v) is 39.4. The van der Waals surface area contributed by atoms with E-state index in [2.05, 4.69) is 226 Å². The van der Waals surface area contributed by atoms with Crippen molar-refractivity contribution in [2.75, 3.05) is 4.90 Å². The van der Waals surface area contributed by atoms with Crippen LogP contribution in [0, 0.1) is 5.92 Å². The molecule has 1 nitrogen and oxygen atoms in total. The van der Waals surface area contributed by atoms with Crippen molar-refractivity contribution in [2.45, 2.75) is 115 Å². The summed E-state index contributed by atoms with van der Waals surface area (Å²) in [5.74, 6) is 0.293. The number of nitrogens with zero attached hydrogens (tertiary/aromatic N) is 1. The molecule has 6 aliphatic rings. The van der Waals surface area contributed by atoms with E-state index in [1.807, 2.05) is 0 Å². The van der Waals surface area contributed by atoms with Crippen molar-refractivity contribution in [2.24, 2.45) is 5.92 Å². The summed E-state index contributed by atoms with van der Waals surface area (Å²) in [5.41, 5.74) is 26.0. The molecule has 6 aromatic carbocycles. The fourth-order valence-electron chi connectivity index (χ4n) is 13.2. The Morgan fingerprint density at radius 3 is 1.89 bits per heavy atom. The van der Waals surface area contributed by atoms with Crippen LogP contribution in [0.1, 0.15) is 138 Å². The fourth-order valence-corrected chi connectivity index (χ4v) is 13.2. The maximum atomic E-state index is 2.80. The minimum atomic E-state index is -0.338. The molecule has 1 spiro atoms. The molecular weight excluding hydrogens is 771 g/mol. The molecule has 0 heterocycles. The van der Waals surface area contributed by atoms with Crippen LogP contribution in [-0.2, 0) is 27.1 Å². The van der Waals surface area contributed by atoms with Crippen LogP contribution < -0.4 is 4.90 Å². The molecule has 318 valence electrons. The van der Waals surface area contributed by atoms with Gasteiger partial charge in [-0.2, -0.15) is 0 Å². The zero-order valence-electron chi connectivity index (χ0n) is 39.4. The molecule has 0 fully saturated rings. The highest BCUT2D eigenvalue weighted by Gasteiger charge is 2.57. The van der Waals surface area contributed by atoms with E-state index in [0.29, 0.717) is 5.92 Å². The van der Waals surface area contributed by atoms with Crippen LogP contribution >= 0.6 is 0 Å². The Morgan fingerprint density at radius 1 is 0.531 bits per heavy atom. The van der Waals surface area contributed by atoms with E-state index in [0.717, 1.165) is 12.8 Å². The van der Waals surface area contributed by atoms with Gasteiger partial charge < -0.3 is 4.90 Å². The quantitative estimate of drug-likeness (QED) is 0.172. The maximum Gasteiger partial charge on any atom is 0.0563 e. The topological polar surface area (TPSA) is 3.24 Å². The van der Waals surface area contributed by atoms with Gasteiger partial charge in [-0.3, -0.25) is 0 Å². The average Bonchev–Trinajstić information content (AvgIpc) is 3.91. The second kappa shape index (κ2) is 13.1. The van der Waals surface area contributed by atoms with E-state index >= 15 is 0 Å². The molecule has 3 atom stereocenters. The smallest absolute Gasteiger partial charge is 0.0563 e. The summed E-state index contributed by atoms with van der Waals surface area (Å²) < 4.78 is 0. The lowest BCUT2D eigenvalue weighted by Crippen LogP contribution is -2.35. The van der Waals surface area contributed by atoms with Gasteiger partial charge in [0.2, 0.25) is 0 Å². The second-order valence-electron chi connectivity index (χ2n) is 22.8. The lowest BCUT2D eigenvalue weighted by molar-refractivity contribution is 0.490. The van der Waals surface area contributed by atoms with E-state index < -0.39 is 0 Å². The highest BCUT2D eigenvalue weighted by Crippen LogP contribution is 2.68. The monoisotopic (exact) mass is 831 g/mol. The highest BCUT2D eigenvalue weighted by atomic mass is 15.2. The molecule has 12 rings (SSSR count). The SMILES string of the molecule is CC(C)(C)c1ccc2c(c1)C1(c3ccccc3C3=CC=CCC31)c1cc(C(C)(C)C)cc(N(c3ccc4c(c3)C(C)(C)c3ccccc3-4)C3C=C4C(=CC3)c3ccccc3C4(C)C)c1-2. The Bertz CT molecular complexity index is 3140. The van der Waals surface area contributed by atoms with E-state index in [4.69, 9.17) is 0 Å². The van der Waals surface area contributed by atoms with Gasteiger partial charge in [-0.05, 0) is 131 Å². The van der Waals surface area contributed by atoms with Gasteiger partial charge in [-0.15, -0.1) is 0 Å². The molecule has 0 aliphatic heterocycles. The summed E-state index contributed by atoms with van der Waals surface area (Å²) in [7, 11) is 0. The average molecular weight is 832 g/mol. The predicted octanol–water partition coefficient (Wildman–Crippen LogP) is 16.1. The van der Waals surface area contributed by atoms with Crippen LogP contribution in [0.25, 0.3) is 33.4 Å². The van der Waals surface area contributed by atoms with Crippen LogP contribution in [0.15, 0.2) is 157 Å². The van der Waals surface area contributed by atoms with E-state index in [9.17, 15) is 0 Å². The Kier molecular flexibility index (Phi) is 8.11. The Morgan fingerprint density at radius 2 is 1.16 bits per heavy atom. The third kappa shape index (κ3) is 5.19. The Balaban J connectivity index is 1.18. The normalized spacial score (nSPS) is 22.3. The zero-order chi connectivity index (χ0) is 44.3. The lowest BCUT2D eigenvalue weighted by Gasteiger charge is -2.40. The van der Waals surface area contributed by atoms with Gasteiger partial charge in [0.15, 0.2) is 0 Å². The van der Waals surface area contributed by atoms with Crippen molar-refractivity contribution < 1.29 is 0 Å². The minimum absolute atomic E-state index is 0.00152. The molecule has 0 N–H and O–H groups in total. The van der Waals surface area contributed by atoms with Crippen molar-refractivity contribution in [3.8, 4) is 22.3 Å². The summed E-state index contributed by atoms with van der Waals surface area (Å²) in [6.45, 7) is 24.1. The molecular formula is C63H61N. The molecule has 6 aliphatic carbocycles. The molecule has 0 bridgehead atoms. The van der Waals surface area contributed by atoms with Gasteiger partial charge in [0, 0.05) is 28.0 Å². The van der Waals surface area contributed by atoms with Crippen molar-refractivity contribution in [3.05, 3.63) is 213 Å². The molecule has 0 aromatic heterocycles. The van der Waals surface area contributed by atoms with E-state index in [-0.39, 0.29) is 33.1 Å². The summed E-state index contributed by atoms with van der Waals surface area (Å²) in [6, 6.07) is 48.0. The van der Waals surface area contributed by atoms with Crippen LogP contribution in [0.5, 0.6) is 0 Å². The molecule has 0 saturated carbocycles. The number of benzene rings is 6. The van der Waals surface area contributed by atoms with Crippen LogP contribution in [-0.4, -0.2) is 6.04 Å². The van der Waals surface area contributed by atoms with Gasteiger partial charge >= 0.3 is 0 Å². The van der Waals surface area contributed by atoms with Gasteiger partial charge in [-0.1, -0.05) is 203 Å². The van der Waals surface area contributed by atoms with Gasteiger partial charge in [0.1, 0.15) is 0 Å². The number of fused-ring (bicyclic) bond motifs is 16. The molecule has 0 amide bonds. The lowest BCUT2D eigenvalue weighted by atomic mass is 9.64. The van der Waals surface area contributed by atoms with Crippen LogP contribution in [0.2, 0.25) is 0 Å². The second-order valence-corrected chi connectivity index (χ2v) is 22.8. The summed E-state index contributed by atoms with van der Waals surface area (Å²) in [5, 5.41) is 0. The van der Waals surface area contributed by atoms with Crippen molar-refractivity contribution >= 4 is 22.5 Å². The summed E-state index contributed by atoms with van der Waals surface area (Å²) in [6.07, 6.45) is 14.3. The van der Waals surface area contributed by atoms with Crippen molar-refractivity contribution in [3.63, 3.8) is 0 Å². The van der Waals surface area contributed by atoms with Crippen molar-refractivity contribution in [1.29, 1.82) is 0 Å². The van der Waals surface area contributed by atoms with Crippen molar-refractivity contribution in [1.82, 2.24) is 0 Å². The van der Waals surface area contributed by atoms with Gasteiger partial charge in [0.05, 0.1) is 17.1 Å². The van der Waals surface area contributed by atoms with E-state index in [1.165, 1.54) is 106 Å². The first-order valence-corrected chi connectivity index (χ1v) is 23.9. The van der Waals surface area contributed by atoms with Gasteiger partial charge in [-0.25, -0.2) is 0 Å². The number of rotatable bonds is 3. The third-order valence-corrected chi connectivity index (χ3v) is 16.5. The molecule has 64 heavy (non-hydrogen) atoms. The van der Waals surface area contributed by atoms with E-state index in [1.54, 1.807) is 0 Å². The summed E-state index contributed by atoms with van der Waals surface area (Å²) >= 11 is 0. The molecule has 1 heteroatoms. The third-order valence-electron chi connectivity index (χ3n) is 16.5. The number of hydrogen-bond acceptors (Lipinski definition) is 1. The molecule has 6 aromatic rings. The molecule has 3 unspecified atom stereocenters. The van der Waals surface area contributed by atoms with Crippen LogP contribution in [0.4, 0.5) is 11.4 Å². The predicted molar refractivity (Wildman–Crippen MR) is 271 cm³/mol. The Hall–Kier alpha value is -5.92. The first-order chi connectivity index (χ1) is 30.5. The Labute approximate surface area is 382 Å². The number of anilines is 2. The number of hydrogen-bond donors (Lipinski definition) is 0. The summed E-state index contributed by atoms with van der Waals surface area (Å²) in [4.78, 5) is 2.80. The first-order valence-electron chi connectivity index (χ1n) is 23.9. The molecule has 0 radical (unpaired) electrons. The maximum absolute atomic E-state index is 2.80. The minimum Gasteiger partial charge on any atom is -0.334 e. The highest BCUT2D eigenvalue weighted by molar-refractivity contribution is 6.00. The number of allylic oxidation sites excluding steroid dienone is 6. The first kappa shape index (κ1) is 39.7. The van der Waals surface area contributed by atoms with Crippen LogP contribution in [0.3, 0.4) is 0 Å². The standard InChI is InChI=1S/C63H61N/c1-59(2,3)38-27-30-48-55(33-38)63(51-25-17-13-21-44(51)45-22-14-18-26-52(45)63)56-34-39(60(4,5)6)35-57(58(48)56)64(40-28-31-46-42-19-11-15-23-49(42)61(7,8)53(46)36-40)41-29-32-47-43-20-12-16-24-50(43)62(9,10)54(47)37-41/h11-25,27-28,30-37,41,52H,26,29H2,1-10H3.